The van der Waals surface area contributed by atoms with Gasteiger partial charge in [0.05, 0.1) is 16.6 Å². The number of likely N-dealkylation sites (N-methyl/N-ethyl adjacent to an activating group) is 1. The van der Waals surface area contributed by atoms with Crippen molar-refractivity contribution in [1.29, 1.82) is 0 Å². The second-order valence-corrected chi connectivity index (χ2v) is 6.12. The molecule has 24 heavy (non-hydrogen) atoms. The number of hydrogen-bond acceptors (Lipinski definition) is 5. The number of carbonyl (C=O) groups excluding carboxylic acids is 2. The lowest BCUT2D eigenvalue weighted by atomic mass is 10.2. The summed E-state index contributed by atoms with van der Waals surface area (Å²) in [6, 6.07) is 15.6. The van der Waals surface area contributed by atoms with Gasteiger partial charge in [-0.25, -0.2) is 4.99 Å². The standard InChI is InChI=1S/C18H14N2O3S/c1-20-16(21)15(11-12-5-3-2-4-6-12)24-18(20)19-14-9-7-13(8-10-14)17(22)23/h2-11H,1H3,(H,22,23)/p-1/b15-11-,19-18?. The molecule has 0 aromatic heterocycles. The van der Waals surface area contributed by atoms with Gasteiger partial charge in [0.25, 0.3) is 5.91 Å². The first-order valence-electron chi connectivity index (χ1n) is 7.17. The van der Waals surface area contributed by atoms with Crippen molar-refractivity contribution in [2.75, 3.05) is 7.05 Å². The van der Waals surface area contributed by atoms with Crippen LogP contribution in [0.2, 0.25) is 0 Å². The Labute approximate surface area is 143 Å². The monoisotopic (exact) mass is 337 g/mol. The molecule has 3 rings (SSSR count). The third kappa shape index (κ3) is 3.38. The third-order valence-electron chi connectivity index (χ3n) is 3.43. The van der Waals surface area contributed by atoms with Crippen LogP contribution in [0.15, 0.2) is 64.5 Å². The Balaban J connectivity index is 1.86. The van der Waals surface area contributed by atoms with Crippen LogP contribution in [0.4, 0.5) is 5.69 Å². The van der Waals surface area contributed by atoms with E-state index in [4.69, 9.17) is 0 Å². The summed E-state index contributed by atoms with van der Waals surface area (Å²) in [7, 11) is 1.66. The Morgan fingerprint density at radius 1 is 1.12 bits per heavy atom. The number of aliphatic imine (C=N–C) groups is 1. The van der Waals surface area contributed by atoms with Gasteiger partial charge >= 0.3 is 0 Å². The number of hydrogen-bond donors (Lipinski definition) is 0. The average molecular weight is 337 g/mol. The van der Waals surface area contributed by atoms with E-state index in [-0.39, 0.29) is 11.5 Å². The van der Waals surface area contributed by atoms with Crippen molar-refractivity contribution in [2.24, 2.45) is 4.99 Å². The largest absolute Gasteiger partial charge is 0.545 e. The molecule has 1 aliphatic heterocycles. The molecule has 0 bridgehead atoms. The minimum Gasteiger partial charge on any atom is -0.545 e. The fourth-order valence-corrected chi connectivity index (χ4v) is 3.12. The zero-order valence-electron chi connectivity index (χ0n) is 12.8. The van der Waals surface area contributed by atoms with Crippen molar-refractivity contribution in [3.05, 3.63) is 70.6 Å². The highest BCUT2D eigenvalue weighted by Gasteiger charge is 2.30. The first kappa shape index (κ1) is 16.0. The quantitative estimate of drug-likeness (QED) is 0.806. The molecule has 0 radical (unpaired) electrons. The first-order valence-corrected chi connectivity index (χ1v) is 7.99. The van der Waals surface area contributed by atoms with E-state index in [1.807, 2.05) is 36.4 Å². The first-order chi connectivity index (χ1) is 11.5. The maximum Gasteiger partial charge on any atom is 0.266 e. The van der Waals surface area contributed by atoms with Crippen LogP contribution in [0, 0.1) is 0 Å². The number of carboxylic acid groups (broad SMARTS) is 1. The predicted octanol–water partition coefficient (Wildman–Crippen LogP) is 2.28. The molecule has 0 N–H and O–H groups in total. The minimum absolute atomic E-state index is 0.0899. The van der Waals surface area contributed by atoms with E-state index >= 15 is 0 Å². The van der Waals surface area contributed by atoms with E-state index in [0.717, 1.165) is 5.56 Å². The van der Waals surface area contributed by atoms with Crippen molar-refractivity contribution in [2.45, 2.75) is 0 Å². The molecule has 1 saturated heterocycles. The van der Waals surface area contributed by atoms with Crippen LogP contribution in [0.5, 0.6) is 0 Å². The number of benzene rings is 2. The molecule has 0 unspecified atom stereocenters. The summed E-state index contributed by atoms with van der Waals surface area (Å²) >= 11 is 1.29. The second kappa shape index (κ2) is 6.72. The Morgan fingerprint density at radius 3 is 2.42 bits per heavy atom. The van der Waals surface area contributed by atoms with Gasteiger partial charge in [-0.3, -0.25) is 9.69 Å². The van der Waals surface area contributed by atoms with E-state index in [1.165, 1.54) is 28.8 Å². The van der Waals surface area contributed by atoms with Crippen molar-refractivity contribution >= 4 is 40.6 Å². The number of thioether (sulfide) groups is 1. The summed E-state index contributed by atoms with van der Waals surface area (Å²) in [4.78, 5) is 29.6. The summed E-state index contributed by atoms with van der Waals surface area (Å²) in [5.74, 6) is -1.35. The zero-order chi connectivity index (χ0) is 17.1. The zero-order valence-corrected chi connectivity index (χ0v) is 13.6. The summed E-state index contributed by atoms with van der Waals surface area (Å²) in [5.41, 5.74) is 1.61. The maximum atomic E-state index is 12.3. The van der Waals surface area contributed by atoms with Crippen molar-refractivity contribution in [3.63, 3.8) is 0 Å². The fourth-order valence-electron chi connectivity index (χ4n) is 2.13. The topological polar surface area (TPSA) is 72.8 Å². The SMILES string of the molecule is CN1C(=O)/C(=C/c2ccccc2)SC1=Nc1ccc(C(=O)[O-])cc1. The molecule has 0 spiro atoms. The molecule has 0 aliphatic carbocycles. The Bertz CT molecular complexity index is 842. The molecule has 1 aliphatic rings. The van der Waals surface area contributed by atoms with Gasteiger partial charge in [-0.05, 0) is 41.1 Å². The van der Waals surface area contributed by atoms with Crippen LogP contribution in [0.1, 0.15) is 15.9 Å². The second-order valence-electron chi connectivity index (χ2n) is 5.11. The number of rotatable bonds is 3. The molecule has 5 nitrogen and oxygen atoms in total. The summed E-state index contributed by atoms with van der Waals surface area (Å²) in [6.07, 6.45) is 1.82. The lowest BCUT2D eigenvalue weighted by Crippen LogP contribution is -2.23. The molecule has 1 fully saturated rings. The van der Waals surface area contributed by atoms with E-state index in [2.05, 4.69) is 4.99 Å². The number of carboxylic acids is 1. The highest BCUT2D eigenvalue weighted by molar-refractivity contribution is 8.18. The molecular weight excluding hydrogens is 324 g/mol. The molecule has 1 heterocycles. The van der Waals surface area contributed by atoms with Gasteiger partial charge in [0.2, 0.25) is 0 Å². The summed E-state index contributed by atoms with van der Waals surface area (Å²) in [5, 5.41) is 11.3. The Hall–Kier alpha value is -2.86. The number of amides is 1. The van der Waals surface area contributed by atoms with Gasteiger partial charge in [-0.1, -0.05) is 42.5 Å². The highest BCUT2D eigenvalue weighted by atomic mass is 32.2. The van der Waals surface area contributed by atoms with Crippen molar-refractivity contribution in [1.82, 2.24) is 4.90 Å². The van der Waals surface area contributed by atoms with E-state index in [0.29, 0.717) is 15.8 Å². The van der Waals surface area contributed by atoms with Crippen LogP contribution in [-0.2, 0) is 4.79 Å². The fraction of sp³-hybridized carbons (Fsp3) is 0.0556. The molecule has 2 aromatic rings. The number of carbonyl (C=O) groups is 2. The molecule has 1 amide bonds. The Morgan fingerprint density at radius 2 is 1.79 bits per heavy atom. The summed E-state index contributed by atoms with van der Waals surface area (Å²) < 4.78 is 0. The lowest BCUT2D eigenvalue weighted by Gasteiger charge is -2.07. The minimum atomic E-state index is -1.23. The third-order valence-corrected chi connectivity index (χ3v) is 4.49. The lowest BCUT2D eigenvalue weighted by molar-refractivity contribution is -0.255. The van der Waals surface area contributed by atoms with E-state index in [9.17, 15) is 14.7 Å². The van der Waals surface area contributed by atoms with Gasteiger partial charge in [0.15, 0.2) is 5.17 Å². The van der Waals surface area contributed by atoms with Gasteiger partial charge in [-0.15, -0.1) is 0 Å². The maximum absolute atomic E-state index is 12.3. The number of aromatic carboxylic acids is 1. The van der Waals surface area contributed by atoms with Gasteiger partial charge < -0.3 is 9.90 Å². The van der Waals surface area contributed by atoms with Crippen LogP contribution in [0.25, 0.3) is 6.08 Å². The molecule has 0 atom stereocenters. The van der Waals surface area contributed by atoms with Gasteiger partial charge in [0.1, 0.15) is 0 Å². The molecule has 0 saturated carbocycles. The molecular formula is C18H13N2O3S-. The van der Waals surface area contributed by atoms with Crippen molar-refractivity contribution in [3.8, 4) is 0 Å². The van der Waals surface area contributed by atoms with Crippen molar-refractivity contribution < 1.29 is 14.7 Å². The molecule has 120 valence electrons. The van der Waals surface area contributed by atoms with Crippen LogP contribution < -0.4 is 5.11 Å². The van der Waals surface area contributed by atoms with Crippen LogP contribution in [-0.4, -0.2) is 29.0 Å². The number of nitrogens with zero attached hydrogens (tertiary/aromatic N) is 2. The smallest absolute Gasteiger partial charge is 0.266 e. The number of amidine groups is 1. The molecule has 2 aromatic carbocycles. The van der Waals surface area contributed by atoms with Crippen LogP contribution in [0.3, 0.4) is 0 Å². The van der Waals surface area contributed by atoms with E-state index < -0.39 is 5.97 Å². The van der Waals surface area contributed by atoms with E-state index in [1.54, 1.807) is 19.2 Å². The van der Waals surface area contributed by atoms with Gasteiger partial charge in [0, 0.05) is 7.05 Å². The summed E-state index contributed by atoms with van der Waals surface area (Å²) in [6.45, 7) is 0. The average Bonchev–Trinajstić information content (AvgIpc) is 2.84. The van der Waals surface area contributed by atoms with Crippen LogP contribution >= 0.6 is 11.8 Å². The molecule has 6 heteroatoms. The normalized spacial score (nSPS) is 17.7. The van der Waals surface area contributed by atoms with Gasteiger partial charge in [-0.2, -0.15) is 0 Å². The predicted molar refractivity (Wildman–Crippen MR) is 92.6 cm³/mol. The Kier molecular flexibility index (Phi) is 4.48. The highest BCUT2D eigenvalue weighted by Crippen LogP contribution is 2.33.